The molecule has 5 nitrogen and oxygen atoms in total. The minimum absolute atomic E-state index is 0.412. The molecule has 15 heavy (non-hydrogen) atoms. The van der Waals surface area contributed by atoms with Crippen LogP contribution in [0.15, 0.2) is 10.8 Å². The molecule has 0 unspecified atom stereocenters. The summed E-state index contributed by atoms with van der Waals surface area (Å²) in [5.74, 6) is 1.15. The van der Waals surface area contributed by atoms with Crippen LogP contribution in [0.1, 0.15) is 13.3 Å². The summed E-state index contributed by atoms with van der Waals surface area (Å²) < 4.78 is 0.685. The Kier molecular flexibility index (Phi) is 4.31. The van der Waals surface area contributed by atoms with Crippen molar-refractivity contribution >= 4 is 27.6 Å². The molecule has 0 aliphatic rings. The lowest BCUT2D eigenvalue weighted by molar-refractivity contribution is 0.805. The number of nitriles is 1. The number of halogens is 1. The second kappa shape index (κ2) is 5.51. The van der Waals surface area contributed by atoms with Gasteiger partial charge in [-0.15, -0.1) is 0 Å². The average Bonchev–Trinajstić information content (AvgIpc) is 2.25. The molecular formula is C9H12BrN5. The molecule has 0 radical (unpaired) electrons. The Labute approximate surface area is 97.1 Å². The first kappa shape index (κ1) is 11.7. The number of anilines is 2. The number of aromatic nitrogens is 2. The van der Waals surface area contributed by atoms with Crippen LogP contribution < -0.4 is 10.6 Å². The van der Waals surface area contributed by atoms with Crippen molar-refractivity contribution in [3.8, 4) is 6.07 Å². The molecule has 0 atom stereocenters. The van der Waals surface area contributed by atoms with Gasteiger partial charge >= 0.3 is 0 Å². The van der Waals surface area contributed by atoms with Gasteiger partial charge < -0.3 is 10.6 Å². The second-order valence-electron chi connectivity index (χ2n) is 2.88. The van der Waals surface area contributed by atoms with E-state index in [1.54, 1.807) is 0 Å². The summed E-state index contributed by atoms with van der Waals surface area (Å²) in [4.78, 5) is 9.98. The number of nitrogen functional groups attached to an aromatic ring is 1. The molecule has 0 bridgehead atoms. The van der Waals surface area contributed by atoms with Crippen molar-refractivity contribution in [3.05, 3.63) is 10.8 Å². The summed E-state index contributed by atoms with van der Waals surface area (Å²) >= 11 is 3.34. The number of nitrogens with zero attached hydrogens (tertiary/aromatic N) is 4. The molecule has 1 aromatic heterocycles. The Morgan fingerprint density at radius 3 is 2.93 bits per heavy atom. The van der Waals surface area contributed by atoms with Gasteiger partial charge in [0.05, 0.1) is 12.5 Å². The van der Waals surface area contributed by atoms with Gasteiger partial charge in [-0.2, -0.15) is 5.26 Å². The molecule has 1 rings (SSSR count). The smallest absolute Gasteiger partial charge is 0.148 e. The van der Waals surface area contributed by atoms with E-state index in [0.717, 1.165) is 12.4 Å². The van der Waals surface area contributed by atoms with E-state index in [1.807, 2.05) is 11.8 Å². The highest BCUT2D eigenvalue weighted by Crippen LogP contribution is 2.27. The first-order valence-corrected chi connectivity index (χ1v) is 5.37. The summed E-state index contributed by atoms with van der Waals surface area (Å²) in [5, 5.41) is 8.54. The van der Waals surface area contributed by atoms with E-state index in [9.17, 15) is 0 Å². The van der Waals surface area contributed by atoms with Crippen LogP contribution in [-0.4, -0.2) is 23.1 Å². The van der Waals surface area contributed by atoms with Crippen LogP contribution in [0.3, 0.4) is 0 Å². The highest BCUT2D eigenvalue weighted by atomic mass is 79.9. The summed E-state index contributed by atoms with van der Waals surface area (Å²) in [6, 6.07) is 2.10. The third-order valence-corrected chi connectivity index (χ3v) is 2.73. The van der Waals surface area contributed by atoms with Crippen LogP contribution in [0, 0.1) is 11.3 Å². The molecule has 0 aliphatic carbocycles. The number of hydrogen-bond donors (Lipinski definition) is 1. The Morgan fingerprint density at radius 2 is 2.33 bits per heavy atom. The maximum absolute atomic E-state index is 8.54. The maximum atomic E-state index is 8.54. The van der Waals surface area contributed by atoms with Crippen LogP contribution in [0.5, 0.6) is 0 Å². The van der Waals surface area contributed by atoms with Crippen LogP contribution >= 0.6 is 15.9 Å². The van der Waals surface area contributed by atoms with E-state index < -0.39 is 0 Å². The molecule has 0 spiro atoms. The van der Waals surface area contributed by atoms with E-state index in [1.165, 1.54) is 6.33 Å². The number of rotatable bonds is 4. The standard InChI is InChI=1S/C9H12BrN5/c1-2-15(5-3-4-11)9-7(10)8(12)13-6-14-9/h6H,2-3,5H2,1H3,(H2,12,13,14). The van der Waals surface area contributed by atoms with Crippen LogP contribution in [0.2, 0.25) is 0 Å². The van der Waals surface area contributed by atoms with Gasteiger partial charge in [-0.25, -0.2) is 9.97 Å². The first-order valence-electron chi connectivity index (χ1n) is 4.58. The zero-order valence-electron chi connectivity index (χ0n) is 8.44. The van der Waals surface area contributed by atoms with Gasteiger partial charge in [0.15, 0.2) is 0 Å². The monoisotopic (exact) mass is 269 g/mol. The van der Waals surface area contributed by atoms with Crippen molar-refractivity contribution in [1.29, 1.82) is 5.26 Å². The summed E-state index contributed by atoms with van der Waals surface area (Å²) in [7, 11) is 0. The second-order valence-corrected chi connectivity index (χ2v) is 3.68. The highest BCUT2D eigenvalue weighted by Gasteiger charge is 2.12. The zero-order chi connectivity index (χ0) is 11.3. The minimum Gasteiger partial charge on any atom is -0.383 e. The minimum atomic E-state index is 0.412. The SMILES string of the molecule is CCN(CCC#N)c1ncnc(N)c1Br. The summed E-state index contributed by atoms with van der Waals surface area (Å²) in [5.41, 5.74) is 5.65. The van der Waals surface area contributed by atoms with Gasteiger partial charge in [0.2, 0.25) is 0 Å². The molecule has 2 N–H and O–H groups in total. The lowest BCUT2D eigenvalue weighted by atomic mass is 10.4. The average molecular weight is 270 g/mol. The van der Waals surface area contributed by atoms with Crippen molar-refractivity contribution in [1.82, 2.24) is 9.97 Å². The predicted molar refractivity (Wildman–Crippen MR) is 62.3 cm³/mol. The van der Waals surface area contributed by atoms with Gasteiger partial charge in [-0.05, 0) is 22.9 Å². The molecule has 0 fully saturated rings. The fourth-order valence-corrected chi connectivity index (χ4v) is 1.65. The molecule has 80 valence electrons. The number of hydrogen-bond acceptors (Lipinski definition) is 5. The zero-order valence-corrected chi connectivity index (χ0v) is 10.0. The van der Waals surface area contributed by atoms with Crippen molar-refractivity contribution in [2.24, 2.45) is 0 Å². The van der Waals surface area contributed by atoms with E-state index >= 15 is 0 Å². The van der Waals surface area contributed by atoms with Gasteiger partial charge in [0, 0.05) is 13.1 Å². The molecule has 1 aromatic rings. The van der Waals surface area contributed by atoms with Crippen LogP contribution in [0.25, 0.3) is 0 Å². The van der Waals surface area contributed by atoms with Crippen molar-refractivity contribution in [2.45, 2.75) is 13.3 Å². The van der Waals surface area contributed by atoms with E-state index in [4.69, 9.17) is 11.0 Å². The third kappa shape index (κ3) is 2.80. The number of nitrogens with two attached hydrogens (primary N) is 1. The molecule has 0 amide bonds. The largest absolute Gasteiger partial charge is 0.383 e. The summed E-state index contributed by atoms with van der Waals surface area (Å²) in [6.07, 6.45) is 1.88. The molecule has 0 saturated heterocycles. The molecule has 0 aliphatic heterocycles. The van der Waals surface area contributed by atoms with Crippen molar-refractivity contribution < 1.29 is 0 Å². The predicted octanol–water partition coefficient (Wildman–Crippen LogP) is 1.56. The third-order valence-electron chi connectivity index (χ3n) is 1.97. The quantitative estimate of drug-likeness (QED) is 0.898. The van der Waals surface area contributed by atoms with E-state index in [0.29, 0.717) is 23.3 Å². The molecular weight excluding hydrogens is 258 g/mol. The Hall–Kier alpha value is -1.35. The van der Waals surface area contributed by atoms with Crippen molar-refractivity contribution in [2.75, 3.05) is 23.7 Å². The van der Waals surface area contributed by atoms with Gasteiger partial charge in [-0.1, -0.05) is 0 Å². The fourth-order valence-electron chi connectivity index (χ4n) is 1.19. The maximum Gasteiger partial charge on any atom is 0.148 e. The topological polar surface area (TPSA) is 78.8 Å². The Balaban J connectivity index is 2.92. The van der Waals surface area contributed by atoms with Gasteiger partial charge in [0.1, 0.15) is 22.4 Å². The lowest BCUT2D eigenvalue weighted by Crippen LogP contribution is -2.25. The first-order chi connectivity index (χ1) is 7.20. The molecule has 6 heteroatoms. The normalized spacial score (nSPS) is 9.67. The van der Waals surface area contributed by atoms with Crippen LogP contribution in [0.4, 0.5) is 11.6 Å². The van der Waals surface area contributed by atoms with E-state index in [-0.39, 0.29) is 0 Å². The van der Waals surface area contributed by atoms with Gasteiger partial charge in [0.25, 0.3) is 0 Å². The Morgan fingerprint density at radius 1 is 1.60 bits per heavy atom. The molecule has 1 heterocycles. The summed E-state index contributed by atoms with van der Waals surface area (Å²) in [6.45, 7) is 3.42. The van der Waals surface area contributed by atoms with Gasteiger partial charge in [-0.3, -0.25) is 0 Å². The van der Waals surface area contributed by atoms with Crippen LogP contribution in [-0.2, 0) is 0 Å². The Bertz CT molecular complexity index is 373. The highest BCUT2D eigenvalue weighted by molar-refractivity contribution is 9.10. The fraction of sp³-hybridized carbons (Fsp3) is 0.444. The molecule has 0 saturated carbocycles. The molecule has 0 aromatic carbocycles. The van der Waals surface area contributed by atoms with Crippen molar-refractivity contribution in [3.63, 3.8) is 0 Å². The lowest BCUT2D eigenvalue weighted by Gasteiger charge is -2.21. The van der Waals surface area contributed by atoms with E-state index in [2.05, 4.69) is 32.0 Å².